The fourth-order valence-electron chi connectivity index (χ4n) is 3.93. The molecule has 0 atom stereocenters. The van der Waals surface area contributed by atoms with E-state index in [9.17, 15) is 4.79 Å². The molecule has 0 unspecified atom stereocenters. The van der Waals surface area contributed by atoms with Crippen molar-refractivity contribution in [3.05, 3.63) is 100 Å². The van der Waals surface area contributed by atoms with Crippen molar-refractivity contribution >= 4 is 22.4 Å². The van der Waals surface area contributed by atoms with E-state index in [4.69, 9.17) is 4.74 Å². The highest BCUT2D eigenvalue weighted by Gasteiger charge is 2.15. The molecule has 3 aromatic carbocycles. The van der Waals surface area contributed by atoms with E-state index >= 15 is 0 Å². The Bertz CT molecular complexity index is 1170. The number of rotatable bonds is 7. The summed E-state index contributed by atoms with van der Waals surface area (Å²) in [6, 6.07) is 18.1. The second-order valence-electron chi connectivity index (χ2n) is 8.04. The number of carbonyl (C=O) groups excluding carboxylic acids is 1. The number of methoxy groups -OCH3 is 1. The van der Waals surface area contributed by atoms with Crippen LogP contribution in [0.1, 0.15) is 47.3 Å². The number of ether oxygens (including phenoxy) is 1. The van der Waals surface area contributed by atoms with Gasteiger partial charge in [0.05, 0.1) is 12.9 Å². The molecule has 0 aliphatic heterocycles. The third-order valence-corrected chi connectivity index (χ3v) is 6.00. The van der Waals surface area contributed by atoms with Crippen molar-refractivity contribution in [2.24, 2.45) is 0 Å². The zero-order chi connectivity index (χ0) is 22.5. The van der Waals surface area contributed by atoms with Crippen molar-refractivity contribution < 1.29 is 9.53 Å². The monoisotopic (exact) mass is 413 g/mol. The standard InChI is InChI=1S/C28H31NO2/c1-18(2)23(21(5)31-6)16-14-22-15-17-26(25-12-8-7-11-24(22)25)28(30)29-27-13-9-10-19(3)20(27)4/h7-13,15,17H,1,14,16H2,2-6H3,(H,29,30)/b23-21-. The Labute approximate surface area is 185 Å². The second-order valence-corrected chi connectivity index (χ2v) is 8.04. The van der Waals surface area contributed by atoms with E-state index in [2.05, 4.69) is 24.0 Å². The van der Waals surface area contributed by atoms with Crippen LogP contribution in [0, 0.1) is 13.8 Å². The third kappa shape index (κ3) is 4.88. The smallest absolute Gasteiger partial charge is 0.256 e. The lowest BCUT2D eigenvalue weighted by molar-refractivity contribution is 0.102. The minimum Gasteiger partial charge on any atom is -0.501 e. The van der Waals surface area contributed by atoms with Crippen LogP contribution in [0.2, 0.25) is 0 Å². The number of benzene rings is 3. The number of amides is 1. The van der Waals surface area contributed by atoms with Crippen LogP contribution in [0.3, 0.4) is 0 Å². The number of allylic oxidation sites excluding steroid dienone is 3. The summed E-state index contributed by atoms with van der Waals surface area (Å²) in [5.74, 6) is 0.815. The molecule has 0 aliphatic carbocycles. The summed E-state index contributed by atoms with van der Waals surface area (Å²) in [6.07, 6.45) is 1.69. The molecule has 0 heterocycles. The first kappa shape index (κ1) is 22.4. The highest BCUT2D eigenvalue weighted by Crippen LogP contribution is 2.28. The number of hydrogen-bond acceptors (Lipinski definition) is 2. The number of carbonyl (C=O) groups is 1. The van der Waals surface area contributed by atoms with Gasteiger partial charge in [0.25, 0.3) is 5.91 Å². The largest absolute Gasteiger partial charge is 0.501 e. The summed E-state index contributed by atoms with van der Waals surface area (Å²) in [6.45, 7) is 12.2. The normalized spacial score (nSPS) is 11.8. The first-order valence-electron chi connectivity index (χ1n) is 10.6. The Balaban J connectivity index is 1.93. The Morgan fingerprint density at radius 2 is 1.68 bits per heavy atom. The Morgan fingerprint density at radius 1 is 0.968 bits per heavy atom. The fourth-order valence-corrected chi connectivity index (χ4v) is 3.93. The van der Waals surface area contributed by atoms with Gasteiger partial charge in [0.15, 0.2) is 0 Å². The van der Waals surface area contributed by atoms with Crippen molar-refractivity contribution in [3.63, 3.8) is 0 Å². The van der Waals surface area contributed by atoms with Gasteiger partial charge in [-0.25, -0.2) is 0 Å². The van der Waals surface area contributed by atoms with Crippen LogP contribution in [0.4, 0.5) is 5.69 Å². The molecule has 160 valence electrons. The first-order chi connectivity index (χ1) is 14.8. The van der Waals surface area contributed by atoms with E-state index < -0.39 is 0 Å². The molecule has 1 amide bonds. The van der Waals surface area contributed by atoms with Crippen molar-refractivity contribution in [3.8, 4) is 0 Å². The van der Waals surface area contributed by atoms with Crippen molar-refractivity contribution in [2.75, 3.05) is 12.4 Å². The van der Waals surface area contributed by atoms with Crippen LogP contribution in [-0.2, 0) is 11.2 Å². The predicted octanol–water partition coefficient (Wildman–Crippen LogP) is 7.14. The minimum absolute atomic E-state index is 0.0887. The summed E-state index contributed by atoms with van der Waals surface area (Å²) in [7, 11) is 1.69. The van der Waals surface area contributed by atoms with Crippen molar-refractivity contribution in [2.45, 2.75) is 40.5 Å². The number of hydrogen-bond donors (Lipinski definition) is 1. The average molecular weight is 414 g/mol. The minimum atomic E-state index is -0.0887. The zero-order valence-electron chi connectivity index (χ0n) is 19.1. The highest BCUT2D eigenvalue weighted by molar-refractivity contribution is 6.13. The van der Waals surface area contributed by atoms with Crippen molar-refractivity contribution in [1.29, 1.82) is 0 Å². The van der Waals surface area contributed by atoms with Gasteiger partial charge >= 0.3 is 0 Å². The average Bonchev–Trinajstić information content (AvgIpc) is 2.76. The molecule has 0 radical (unpaired) electrons. The quantitative estimate of drug-likeness (QED) is 0.330. The van der Waals surface area contributed by atoms with Gasteiger partial charge < -0.3 is 10.1 Å². The molecule has 31 heavy (non-hydrogen) atoms. The fraction of sp³-hybridized carbons (Fsp3) is 0.250. The van der Waals surface area contributed by atoms with Crippen LogP contribution >= 0.6 is 0 Å². The molecule has 0 saturated carbocycles. The molecule has 3 aromatic rings. The predicted molar refractivity (Wildman–Crippen MR) is 131 cm³/mol. The van der Waals surface area contributed by atoms with Crippen LogP contribution in [-0.4, -0.2) is 13.0 Å². The molecule has 0 aliphatic rings. The maximum Gasteiger partial charge on any atom is 0.256 e. The number of anilines is 1. The van der Waals surface area contributed by atoms with Gasteiger partial charge in [0, 0.05) is 11.3 Å². The zero-order valence-corrected chi connectivity index (χ0v) is 19.1. The topological polar surface area (TPSA) is 38.3 Å². The highest BCUT2D eigenvalue weighted by atomic mass is 16.5. The molecule has 0 spiro atoms. The third-order valence-electron chi connectivity index (χ3n) is 6.00. The molecule has 3 heteroatoms. The lowest BCUT2D eigenvalue weighted by atomic mass is 9.93. The maximum absolute atomic E-state index is 13.1. The molecular formula is C28H31NO2. The molecule has 0 bridgehead atoms. The Hall–Kier alpha value is -3.33. The van der Waals surface area contributed by atoms with E-state index in [1.165, 1.54) is 5.56 Å². The number of nitrogens with one attached hydrogen (secondary N) is 1. The van der Waals surface area contributed by atoms with Gasteiger partial charge in [-0.2, -0.15) is 0 Å². The van der Waals surface area contributed by atoms with Crippen molar-refractivity contribution in [1.82, 2.24) is 0 Å². The van der Waals surface area contributed by atoms with Crippen LogP contribution in [0.15, 0.2) is 78.1 Å². The summed E-state index contributed by atoms with van der Waals surface area (Å²) < 4.78 is 5.44. The van der Waals surface area contributed by atoms with Crippen LogP contribution in [0.5, 0.6) is 0 Å². The van der Waals surface area contributed by atoms with E-state index in [0.29, 0.717) is 5.56 Å². The molecular weight excluding hydrogens is 382 g/mol. The molecule has 0 saturated heterocycles. The lowest BCUT2D eigenvalue weighted by Gasteiger charge is -2.15. The second kappa shape index (κ2) is 9.65. The Morgan fingerprint density at radius 3 is 2.35 bits per heavy atom. The summed E-state index contributed by atoms with van der Waals surface area (Å²) >= 11 is 0. The van der Waals surface area contributed by atoms with Gasteiger partial charge in [-0.05, 0) is 85.7 Å². The van der Waals surface area contributed by atoms with E-state index in [1.54, 1.807) is 7.11 Å². The summed E-state index contributed by atoms with van der Waals surface area (Å²) in [5.41, 5.74) is 7.15. The molecule has 3 nitrogen and oxygen atoms in total. The van der Waals surface area contributed by atoms with Gasteiger partial charge in [0.2, 0.25) is 0 Å². The molecule has 3 rings (SSSR count). The van der Waals surface area contributed by atoms with Crippen LogP contribution in [0.25, 0.3) is 10.8 Å². The van der Waals surface area contributed by atoms with Crippen LogP contribution < -0.4 is 5.32 Å². The maximum atomic E-state index is 13.1. The summed E-state index contributed by atoms with van der Waals surface area (Å²) in [5, 5.41) is 5.16. The van der Waals surface area contributed by atoms with Gasteiger partial charge in [-0.3, -0.25) is 4.79 Å². The van der Waals surface area contributed by atoms with Gasteiger partial charge in [-0.1, -0.05) is 54.6 Å². The molecule has 0 fully saturated rings. The SMILES string of the molecule is C=C(C)/C(CCc1ccc(C(=O)Nc2cccc(C)c2C)c2ccccc12)=C(/C)OC. The Kier molecular flexibility index (Phi) is 6.96. The molecule has 0 aromatic heterocycles. The van der Waals surface area contributed by atoms with E-state index in [0.717, 1.165) is 57.3 Å². The summed E-state index contributed by atoms with van der Waals surface area (Å²) in [4.78, 5) is 13.1. The molecule has 1 N–H and O–H groups in total. The van der Waals surface area contributed by atoms with Gasteiger partial charge in [0.1, 0.15) is 0 Å². The lowest BCUT2D eigenvalue weighted by Crippen LogP contribution is -2.14. The van der Waals surface area contributed by atoms with E-state index in [1.807, 2.05) is 70.2 Å². The van der Waals surface area contributed by atoms with E-state index in [-0.39, 0.29) is 5.91 Å². The van der Waals surface area contributed by atoms with Gasteiger partial charge in [-0.15, -0.1) is 0 Å². The first-order valence-corrected chi connectivity index (χ1v) is 10.6. The number of aryl methyl sites for hydroxylation is 2. The number of fused-ring (bicyclic) bond motifs is 1.